The van der Waals surface area contributed by atoms with Crippen molar-refractivity contribution in [2.45, 2.75) is 90.4 Å². The van der Waals surface area contributed by atoms with Crippen LogP contribution in [0, 0.1) is 17.8 Å². The van der Waals surface area contributed by atoms with Gasteiger partial charge >= 0.3 is 0 Å². The molecule has 0 aromatic carbocycles. The van der Waals surface area contributed by atoms with Gasteiger partial charge in [0.25, 0.3) is 0 Å². The molecule has 0 aliphatic heterocycles. The summed E-state index contributed by atoms with van der Waals surface area (Å²) in [5.74, 6) is 1.09. The molecule has 0 spiro atoms. The molecule has 0 radical (unpaired) electrons. The molecule has 0 aromatic rings. The molecule has 2 aliphatic rings. The molecular formula is C25H45NO3. The fraction of sp³-hybridized carbons (Fsp3) is 0.840. The first-order valence-electron chi connectivity index (χ1n) is 11.8. The van der Waals surface area contributed by atoms with Crippen molar-refractivity contribution >= 4 is 0 Å². The quantitative estimate of drug-likeness (QED) is 0.368. The number of ether oxygens (including phenoxy) is 1. The van der Waals surface area contributed by atoms with Crippen LogP contribution < -0.4 is 0 Å². The summed E-state index contributed by atoms with van der Waals surface area (Å²) >= 11 is 0. The highest BCUT2D eigenvalue weighted by Gasteiger charge is 2.43. The third-order valence-corrected chi connectivity index (χ3v) is 6.82. The first kappa shape index (κ1) is 24.6. The van der Waals surface area contributed by atoms with Gasteiger partial charge in [0.05, 0.1) is 18.8 Å². The third-order valence-electron chi connectivity index (χ3n) is 6.82. The number of unbranched alkanes of at least 4 members (excludes halogenated alkanes) is 2. The number of hydrogen-bond donors (Lipinski definition) is 2. The molecule has 4 nitrogen and oxygen atoms in total. The van der Waals surface area contributed by atoms with Gasteiger partial charge in [0.2, 0.25) is 0 Å². The van der Waals surface area contributed by atoms with Gasteiger partial charge in [-0.05, 0) is 70.9 Å². The van der Waals surface area contributed by atoms with Crippen LogP contribution in [0.25, 0.3) is 0 Å². The minimum atomic E-state index is -0.379. The van der Waals surface area contributed by atoms with Crippen molar-refractivity contribution in [1.82, 2.24) is 4.90 Å². The van der Waals surface area contributed by atoms with Gasteiger partial charge in [0, 0.05) is 24.6 Å². The number of aliphatic hydroxyl groups is 2. The third kappa shape index (κ3) is 7.82. The molecule has 2 aliphatic carbocycles. The van der Waals surface area contributed by atoms with E-state index >= 15 is 0 Å². The molecule has 0 aromatic heterocycles. The summed E-state index contributed by atoms with van der Waals surface area (Å²) in [6.07, 6.45) is 12.8. The molecule has 1 saturated carbocycles. The van der Waals surface area contributed by atoms with E-state index in [9.17, 15) is 10.2 Å². The summed E-state index contributed by atoms with van der Waals surface area (Å²) in [7, 11) is 2.17. The van der Waals surface area contributed by atoms with Gasteiger partial charge in [-0.1, -0.05) is 44.4 Å². The van der Waals surface area contributed by atoms with Crippen LogP contribution in [-0.2, 0) is 4.74 Å². The SMILES string of the molecule is CCCCC[C@H](O)/C=C/[C@@H]1[C@H]2CC(COCCCN(C)C(C)(C)C)=C[C@H]2C[C@H]1O. The van der Waals surface area contributed by atoms with Crippen molar-refractivity contribution in [3.8, 4) is 0 Å². The summed E-state index contributed by atoms with van der Waals surface area (Å²) in [5.41, 5.74) is 1.59. The second-order valence-corrected chi connectivity index (χ2v) is 10.2. The maximum Gasteiger partial charge on any atom is 0.0721 e. The van der Waals surface area contributed by atoms with Crippen LogP contribution in [0.15, 0.2) is 23.8 Å². The molecule has 2 rings (SSSR count). The minimum Gasteiger partial charge on any atom is -0.392 e. The van der Waals surface area contributed by atoms with Gasteiger partial charge in [-0.3, -0.25) is 0 Å². The average Bonchev–Trinajstić information content (AvgIpc) is 3.15. The Morgan fingerprint density at radius 2 is 2.03 bits per heavy atom. The monoisotopic (exact) mass is 407 g/mol. The molecule has 0 heterocycles. The van der Waals surface area contributed by atoms with Gasteiger partial charge < -0.3 is 19.8 Å². The van der Waals surface area contributed by atoms with Crippen LogP contribution in [0.5, 0.6) is 0 Å². The molecule has 0 unspecified atom stereocenters. The van der Waals surface area contributed by atoms with Gasteiger partial charge in [0.15, 0.2) is 0 Å². The van der Waals surface area contributed by atoms with E-state index in [0.29, 0.717) is 11.8 Å². The van der Waals surface area contributed by atoms with Crippen molar-refractivity contribution in [1.29, 1.82) is 0 Å². The highest BCUT2D eigenvalue weighted by atomic mass is 16.5. The standard InChI is InChI=1S/C25H45NO3/c1-6-7-8-10-21(27)11-12-22-23-16-19(15-20(23)17-24(22)28)18-29-14-9-13-26(5)25(2,3)4/h11-12,15,20-24,27-28H,6-10,13-14,16-18H2,1-5H3/b12-11+/t20-,21-,22+,23-,24+/m0/s1. The Morgan fingerprint density at radius 3 is 2.72 bits per heavy atom. The van der Waals surface area contributed by atoms with E-state index in [1.54, 1.807) is 0 Å². The number of fused-ring (bicyclic) bond motifs is 1. The highest BCUT2D eigenvalue weighted by molar-refractivity contribution is 5.21. The molecule has 168 valence electrons. The number of hydrogen-bond acceptors (Lipinski definition) is 4. The molecule has 29 heavy (non-hydrogen) atoms. The van der Waals surface area contributed by atoms with Crippen LogP contribution in [0.2, 0.25) is 0 Å². The lowest BCUT2D eigenvalue weighted by molar-refractivity contribution is 0.116. The van der Waals surface area contributed by atoms with E-state index < -0.39 is 0 Å². The summed E-state index contributed by atoms with van der Waals surface area (Å²) in [6.45, 7) is 11.4. The first-order chi connectivity index (χ1) is 13.7. The van der Waals surface area contributed by atoms with Crippen LogP contribution in [0.1, 0.15) is 72.6 Å². The Labute approximate surface area is 179 Å². The Bertz CT molecular complexity index is 537. The zero-order valence-corrected chi connectivity index (χ0v) is 19.4. The molecule has 0 amide bonds. The fourth-order valence-electron chi connectivity index (χ4n) is 4.61. The fourth-order valence-corrected chi connectivity index (χ4v) is 4.61. The topological polar surface area (TPSA) is 52.9 Å². The predicted octanol–water partition coefficient (Wildman–Crippen LogP) is 4.56. The Balaban J connectivity index is 1.71. The number of aliphatic hydroxyl groups excluding tert-OH is 2. The van der Waals surface area contributed by atoms with Gasteiger partial charge in [-0.2, -0.15) is 0 Å². The lowest BCUT2D eigenvalue weighted by atomic mass is 9.89. The van der Waals surface area contributed by atoms with E-state index in [-0.39, 0.29) is 23.7 Å². The second kappa shape index (κ2) is 11.6. The van der Waals surface area contributed by atoms with E-state index in [4.69, 9.17) is 4.74 Å². The van der Waals surface area contributed by atoms with Crippen LogP contribution in [0.4, 0.5) is 0 Å². The lowest BCUT2D eigenvalue weighted by Gasteiger charge is -2.31. The number of rotatable bonds is 12. The zero-order valence-electron chi connectivity index (χ0n) is 19.4. The molecule has 4 heteroatoms. The Kier molecular flexibility index (Phi) is 9.87. The van der Waals surface area contributed by atoms with Gasteiger partial charge in [-0.15, -0.1) is 0 Å². The molecule has 1 fully saturated rings. The first-order valence-corrected chi connectivity index (χ1v) is 11.8. The van der Waals surface area contributed by atoms with Gasteiger partial charge in [0.1, 0.15) is 0 Å². The number of allylic oxidation sites excluding steroid dienone is 1. The van der Waals surface area contributed by atoms with E-state index in [1.807, 2.05) is 6.08 Å². The smallest absolute Gasteiger partial charge is 0.0721 e. The Hall–Kier alpha value is -0.680. The average molecular weight is 408 g/mol. The van der Waals surface area contributed by atoms with Gasteiger partial charge in [-0.25, -0.2) is 0 Å². The van der Waals surface area contributed by atoms with E-state index in [0.717, 1.165) is 51.9 Å². The van der Waals surface area contributed by atoms with Crippen LogP contribution >= 0.6 is 0 Å². The molecule has 0 bridgehead atoms. The van der Waals surface area contributed by atoms with Crippen LogP contribution in [-0.4, -0.2) is 59.7 Å². The van der Waals surface area contributed by atoms with Crippen molar-refractivity contribution < 1.29 is 14.9 Å². The van der Waals surface area contributed by atoms with Crippen LogP contribution in [0.3, 0.4) is 0 Å². The molecule has 2 N–H and O–H groups in total. The summed E-state index contributed by atoms with van der Waals surface area (Å²) in [5, 5.41) is 20.6. The second-order valence-electron chi connectivity index (χ2n) is 10.2. The largest absolute Gasteiger partial charge is 0.392 e. The molecule has 0 saturated heterocycles. The minimum absolute atomic E-state index is 0.162. The van der Waals surface area contributed by atoms with E-state index in [2.05, 4.69) is 51.8 Å². The highest BCUT2D eigenvalue weighted by Crippen LogP contribution is 2.47. The predicted molar refractivity (Wildman–Crippen MR) is 121 cm³/mol. The normalized spacial score (nSPS) is 28.3. The maximum atomic E-state index is 10.5. The lowest BCUT2D eigenvalue weighted by Crippen LogP contribution is -2.38. The number of nitrogens with zero attached hydrogens (tertiary/aromatic N) is 1. The van der Waals surface area contributed by atoms with Crippen molar-refractivity contribution in [3.63, 3.8) is 0 Å². The zero-order chi connectivity index (χ0) is 21.4. The summed E-state index contributed by atoms with van der Waals surface area (Å²) in [4.78, 5) is 2.37. The maximum absolute atomic E-state index is 10.5. The summed E-state index contributed by atoms with van der Waals surface area (Å²) < 4.78 is 5.95. The van der Waals surface area contributed by atoms with E-state index in [1.165, 1.54) is 18.4 Å². The molecule has 5 atom stereocenters. The van der Waals surface area contributed by atoms with Crippen molar-refractivity contribution in [2.75, 3.05) is 26.8 Å². The Morgan fingerprint density at radius 1 is 1.28 bits per heavy atom. The van der Waals surface area contributed by atoms with Crippen molar-refractivity contribution in [2.24, 2.45) is 17.8 Å². The summed E-state index contributed by atoms with van der Waals surface area (Å²) in [6, 6.07) is 0. The molecular weight excluding hydrogens is 362 g/mol. The van der Waals surface area contributed by atoms with Crippen molar-refractivity contribution in [3.05, 3.63) is 23.8 Å².